The lowest BCUT2D eigenvalue weighted by molar-refractivity contribution is -0.123. The molecule has 1 amide bonds. The van der Waals surface area contributed by atoms with Crippen LogP contribution in [0.15, 0.2) is 53.1 Å². The van der Waals surface area contributed by atoms with Crippen LogP contribution in [-0.4, -0.2) is 24.0 Å². The van der Waals surface area contributed by atoms with E-state index in [4.69, 9.17) is 9.15 Å². The minimum absolute atomic E-state index is 0.00337. The Morgan fingerprint density at radius 2 is 1.83 bits per heavy atom. The highest BCUT2D eigenvalue weighted by Crippen LogP contribution is 2.27. The third kappa shape index (κ3) is 5.70. The Labute approximate surface area is 172 Å². The summed E-state index contributed by atoms with van der Waals surface area (Å²) in [5.74, 6) is 1.55. The summed E-state index contributed by atoms with van der Waals surface area (Å²) >= 11 is 0. The Morgan fingerprint density at radius 3 is 2.55 bits per heavy atom. The molecular formula is C24H28N2O3. The highest BCUT2D eigenvalue weighted by atomic mass is 16.5. The largest absolute Gasteiger partial charge is 0.483 e. The number of oxazole rings is 1. The summed E-state index contributed by atoms with van der Waals surface area (Å²) in [5, 5.41) is 2.88. The lowest BCUT2D eigenvalue weighted by Crippen LogP contribution is -2.30. The van der Waals surface area contributed by atoms with Crippen molar-refractivity contribution in [1.82, 2.24) is 10.3 Å². The molecule has 2 aromatic carbocycles. The summed E-state index contributed by atoms with van der Waals surface area (Å²) in [5.41, 5.74) is 5.16. The van der Waals surface area contributed by atoms with Crippen molar-refractivity contribution in [3.05, 3.63) is 71.1 Å². The van der Waals surface area contributed by atoms with Crippen LogP contribution in [0.2, 0.25) is 0 Å². The minimum Gasteiger partial charge on any atom is -0.483 e. The molecule has 152 valence electrons. The number of aromatic nitrogens is 1. The number of carbonyl (C=O) groups is 1. The van der Waals surface area contributed by atoms with E-state index in [0.29, 0.717) is 24.8 Å². The molecule has 0 aliphatic rings. The van der Waals surface area contributed by atoms with Crippen LogP contribution in [-0.2, 0) is 11.2 Å². The highest BCUT2D eigenvalue weighted by molar-refractivity contribution is 5.77. The van der Waals surface area contributed by atoms with Gasteiger partial charge in [-0.15, -0.1) is 0 Å². The van der Waals surface area contributed by atoms with Gasteiger partial charge in [-0.3, -0.25) is 4.79 Å². The van der Waals surface area contributed by atoms with Gasteiger partial charge in [0.1, 0.15) is 12.0 Å². The van der Waals surface area contributed by atoms with Crippen molar-refractivity contribution in [2.45, 2.75) is 40.0 Å². The van der Waals surface area contributed by atoms with Crippen LogP contribution in [0, 0.1) is 13.8 Å². The second-order valence-corrected chi connectivity index (χ2v) is 7.59. The first-order valence-electron chi connectivity index (χ1n) is 9.94. The van der Waals surface area contributed by atoms with Gasteiger partial charge >= 0.3 is 0 Å². The van der Waals surface area contributed by atoms with E-state index in [9.17, 15) is 4.79 Å². The molecule has 3 rings (SSSR count). The first kappa shape index (κ1) is 20.6. The standard InChI is InChI=1S/C24H28N2O3/c1-16(2)21-10-7-18(4)13-22(21)28-15-23(27)25-12-11-20-14-29-24(26-20)19-8-5-17(3)6-9-19/h5-10,13-14,16H,11-12,15H2,1-4H3,(H,25,27). The third-order valence-electron chi connectivity index (χ3n) is 4.70. The maximum atomic E-state index is 12.2. The third-order valence-corrected chi connectivity index (χ3v) is 4.70. The van der Waals surface area contributed by atoms with Gasteiger partial charge in [-0.25, -0.2) is 4.98 Å². The van der Waals surface area contributed by atoms with Crippen molar-refractivity contribution in [1.29, 1.82) is 0 Å². The number of nitrogens with one attached hydrogen (secondary N) is 1. The van der Waals surface area contributed by atoms with E-state index in [2.05, 4.69) is 36.3 Å². The van der Waals surface area contributed by atoms with E-state index in [0.717, 1.165) is 28.1 Å². The van der Waals surface area contributed by atoms with E-state index in [1.54, 1.807) is 6.26 Å². The molecule has 0 aliphatic heterocycles. The van der Waals surface area contributed by atoms with Gasteiger partial charge in [0.05, 0.1) is 5.69 Å². The number of benzene rings is 2. The number of rotatable bonds is 8. The van der Waals surface area contributed by atoms with Crippen LogP contribution >= 0.6 is 0 Å². The number of aryl methyl sites for hydroxylation is 2. The van der Waals surface area contributed by atoms with Crippen LogP contribution < -0.4 is 10.1 Å². The number of amides is 1. The molecule has 0 fully saturated rings. The van der Waals surface area contributed by atoms with Gasteiger partial charge in [0.2, 0.25) is 5.89 Å². The molecule has 0 unspecified atom stereocenters. The van der Waals surface area contributed by atoms with Crippen LogP contribution in [0.4, 0.5) is 0 Å². The first-order valence-corrected chi connectivity index (χ1v) is 9.94. The molecule has 0 bridgehead atoms. The smallest absolute Gasteiger partial charge is 0.257 e. The molecular weight excluding hydrogens is 364 g/mol. The van der Waals surface area contributed by atoms with Gasteiger partial charge in [0, 0.05) is 18.5 Å². The lowest BCUT2D eigenvalue weighted by atomic mass is 10.0. The number of nitrogens with zero attached hydrogens (tertiary/aromatic N) is 1. The summed E-state index contributed by atoms with van der Waals surface area (Å²) in [6.07, 6.45) is 2.24. The van der Waals surface area contributed by atoms with Crippen molar-refractivity contribution >= 4 is 5.91 Å². The molecule has 0 aliphatic carbocycles. The van der Waals surface area contributed by atoms with Crippen LogP contribution in [0.5, 0.6) is 5.75 Å². The zero-order valence-electron chi connectivity index (χ0n) is 17.5. The molecule has 0 atom stereocenters. The predicted molar refractivity (Wildman–Crippen MR) is 114 cm³/mol. The van der Waals surface area contributed by atoms with Crippen LogP contribution in [0.25, 0.3) is 11.5 Å². The van der Waals surface area contributed by atoms with Gasteiger partial charge in [0.15, 0.2) is 6.61 Å². The Morgan fingerprint density at radius 1 is 1.10 bits per heavy atom. The second kappa shape index (κ2) is 9.41. The van der Waals surface area contributed by atoms with Crippen molar-refractivity contribution in [2.24, 2.45) is 0 Å². The molecule has 1 N–H and O–H groups in total. The fraction of sp³-hybridized carbons (Fsp3) is 0.333. The molecule has 0 radical (unpaired) electrons. The van der Waals surface area contributed by atoms with E-state index in [-0.39, 0.29) is 12.5 Å². The first-order chi connectivity index (χ1) is 13.9. The number of ether oxygens (including phenoxy) is 1. The predicted octanol–water partition coefficient (Wildman–Crippen LogP) is 4.82. The van der Waals surface area contributed by atoms with Gasteiger partial charge in [0.25, 0.3) is 5.91 Å². The minimum atomic E-state index is -0.150. The zero-order chi connectivity index (χ0) is 20.8. The van der Waals surface area contributed by atoms with Crippen LogP contribution in [0.3, 0.4) is 0 Å². The van der Waals surface area contributed by atoms with Gasteiger partial charge in [-0.2, -0.15) is 0 Å². The molecule has 3 aromatic rings. The average Bonchev–Trinajstić information content (AvgIpc) is 3.15. The molecule has 0 saturated carbocycles. The maximum absolute atomic E-state index is 12.2. The topological polar surface area (TPSA) is 64.4 Å². The Bertz CT molecular complexity index is 959. The summed E-state index contributed by atoms with van der Waals surface area (Å²) in [4.78, 5) is 16.6. The average molecular weight is 392 g/mol. The summed E-state index contributed by atoms with van der Waals surface area (Å²) < 4.78 is 11.3. The van der Waals surface area contributed by atoms with E-state index in [1.165, 1.54) is 5.56 Å². The molecule has 0 spiro atoms. The van der Waals surface area contributed by atoms with Crippen molar-refractivity contribution < 1.29 is 13.9 Å². The fourth-order valence-corrected chi connectivity index (χ4v) is 3.02. The molecule has 29 heavy (non-hydrogen) atoms. The number of carbonyl (C=O) groups excluding carboxylic acids is 1. The summed E-state index contributed by atoms with van der Waals surface area (Å²) in [7, 11) is 0. The zero-order valence-corrected chi connectivity index (χ0v) is 17.5. The van der Waals surface area contributed by atoms with Crippen molar-refractivity contribution in [2.75, 3.05) is 13.2 Å². The molecule has 1 aromatic heterocycles. The Kier molecular flexibility index (Phi) is 6.70. The van der Waals surface area contributed by atoms with E-state index < -0.39 is 0 Å². The van der Waals surface area contributed by atoms with Gasteiger partial charge < -0.3 is 14.5 Å². The van der Waals surface area contributed by atoms with E-state index >= 15 is 0 Å². The fourth-order valence-electron chi connectivity index (χ4n) is 3.02. The monoisotopic (exact) mass is 392 g/mol. The summed E-state index contributed by atoms with van der Waals surface area (Å²) in [6.45, 7) is 8.75. The summed E-state index contributed by atoms with van der Waals surface area (Å²) in [6, 6.07) is 14.1. The van der Waals surface area contributed by atoms with Crippen molar-refractivity contribution in [3.63, 3.8) is 0 Å². The maximum Gasteiger partial charge on any atom is 0.257 e. The van der Waals surface area contributed by atoms with E-state index in [1.807, 2.05) is 44.2 Å². The lowest BCUT2D eigenvalue weighted by Gasteiger charge is -2.14. The van der Waals surface area contributed by atoms with Gasteiger partial charge in [-0.1, -0.05) is 43.7 Å². The SMILES string of the molecule is Cc1ccc(-c2nc(CCNC(=O)COc3cc(C)ccc3C(C)C)co2)cc1. The molecule has 5 heteroatoms. The highest BCUT2D eigenvalue weighted by Gasteiger charge is 2.11. The number of hydrogen-bond acceptors (Lipinski definition) is 4. The van der Waals surface area contributed by atoms with Crippen LogP contribution in [0.1, 0.15) is 42.1 Å². The van der Waals surface area contributed by atoms with Gasteiger partial charge in [-0.05, 0) is 49.1 Å². The Hall–Kier alpha value is -3.08. The molecule has 0 saturated heterocycles. The quantitative estimate of drug-likeness (QED) is 0.597. The molecule has 1 heterocycles. The second-order valence-electron chi connectivity index (χ2n) is 7.59. The van der Waals surface area contributed by atoms with Crippen molar-refractivity contribution in [3.8, 4) is 17.2 Å². The Balaban J connectivity index is 1.47. The molecule has 5 nitrogen and oxygen atoms in total. The number of hydrogen-bond donors (Lipinski definition) is 1. The normalized spacial score (nSPS) is 10.9.